The number of hydrogen-bond acceptors (Lipinski definition) is 6. The van der Waals surface area contributed by atoms with E-state index >= 15 is 0 Å². The number of amides is 1. The number of halogens is 1. The molecule has 9 heteroatoms. The lowest BCUT2D eigenvalue weighted by Gasteiger charge is -2.31. The first-order valence-electron chi connectivity index (χ1n) is 10.5. The summed E-state index contributed by atoms with van der Waals surface area (Å²) >= 11 is 7.83. The molecule has 7 nitrogen and oxygen atoms in total. The molecule has 0 radical (unpaired) electrons. The van der Waals surface area contributed by atoms with Gasteiger partial charge in [0.15, 0.2) is 5.69 Å². The zero-order chi connectivity index (χ0) is 22.2. The first-order chi connectivity index (χ1) is 15.5. The molecule has 3 heterocycles. The van der Waals surface area contributed by atoms with Gasteiger partial charge in [0, 0.05) is 36.5 Å². The summed E-state index contributed by atoms with van der Waals surface area (Å²) in [5.41, 5.74) is 1.04. The third-order valence-corrected chi connectivity index (χ3v) is 7.38. The quantitative estimate of drug-likeness (QED) is 0.493. The van der Waals surface area contributed by atoms with E-state index in [1.54, 1.807) is 42.6 Å². The Bertz CT molecular complexity index is 1370. The smallest absolute Gasteiger partial charge is 0.275 e. The van der Waals surface area contributed by atoms with E-state index in [4.69, 9.17) is 16.6 Å². The largest absolute Gasteiger partial charge is 0.354 e. The minimum atomic E-state index is -0.301. The van der Waals surface area contributed by atoms with Gasteiger partial charge in [-0.05, 0) is 37.1 Å². The molecular formula is C23H22ClN5O2S. The van der Waals surface area contributed by atoms with Gasteiger partial charge in [0.1, 0.15) is 0 Å². The van der Waals surface area contributed by atoms with Crippen molar-refractivity contribution in [2.45, 2.75) is 25.4 Å². The number of piperidine rings is 1. The Morgan fingerprint density at radius 1 is 1.19 bits per heavy atom. The van der Waals surface area contributed by atoms with Crippen molar-refractivity contribution in [3.63, 3.8) is 0 Å². The monoisotopic (exact) mass is 467 g/mol. The molecule has 4 aromatic rings. The molecule has 1 aliphatic rings. The molecule has 1 aliphatic heterocycles. The summed E-state index contributed by atoms with van der Waals surface area (Å²) in [6.07, 6.45) is 1.91. The Morgan fingerprint density at radius 3 is 2.69 bits per heavy atom. The van der Waals surface area contributed by atoms with Gasteiger partial charge in [-0.15, -0.1) is 11.3 Å². The van der Waals surface area contributed by atoms with Crippen molar-refractivity contribution >= 4 is 49.8 Å². The van der Waals surface area contributed by atoms with Gasteiger partial charge in [-0.1, -0.05) is 29.8 Å². The molecule has 0 spiro atoms. The molecule has 1 fully saturated rings. The van der Waals surface area contributed by atoms with Crippen LogP contribution in [-0.4, -0.2) is 45.7 Å². The van der Waals surface area contributed by atoms with Gasteiger partial charge in [0.2, 0.25) is 0 Å². The maximum absolute atomic E-state index is 13.0. The molecule has 5 rings (SSSR count). The summed E-state index contributed by atoms with van der Waals surface area (Å²) in [7, 11) is 1.56. The van der Waals surface area contributed by atoms with Crippen LogP contribution in [-0.2, 0) is 6.67 Å². The lowest BCUT2D eigenvalue weighted by Crippen LogP contribution is -2.39. The van der Waals surface area contributed by atoms with Gasteiger partial charge < -0.3 is 5.32 Å². The number of rotatable bonds is 4. The second-order valence-electron chi connectivity index (χ2n) is 7.98. The van der Waals surface area contributed by atoms with Gasteiger partial charge in [0.05, 0.1) is 27.3 Å². The standard InChI is InChI=1S/C23H22ClN5O2S/c1-25-21(30)20-16-4-2-3-5-17(16)23(31)29(27-20)13-28-10-8-14(9-11-28)22-26-18-12-15(24)6-7-19(18)32-22/h2-7,12,14H,8-11,13H2,1H3,(H,25,30). The van der Waals surface area contributed by atoms with Crippen LogP contribution in [0.1, 0.15) is 34.3 Å². The fourth-order valence-corrected chi connectivity index (χ4v) is 5.50. The minimum absolute atomic E-state index is 0.182. The fourth-order valence-electron chi connectivity index (χ4n) is 4.22. The molecule has 1 saturated heterocycles. The topological polar surface area (TPSA) is 80.1 Å². The van der Waals surface area contributed by atoms with Gasteiger partial charge in [-0.2, -0.15) is 5.10 Å². The highest BCUT2D eigenvalue weighted by atomic mass is 35.5. The number of fused-ring (bicyclic) bond motifs is 2. The highest BCUT2D eigenvalue weighted by molar-refractivity contribution is 7.18. The molecule has 164 valence electrons. The van der Waals surface area contributed by atoms with Crippen LogP contribution in [0.15, 0.2) is 47.3 Å². The maximum atomic E-state index is 13.0. The zero-order valence-corrected chi connectivity index (χ0v) is 19.1. The van der Waals surface area contributed by atoms with Gasteiger partial charge in [0.25, 0.3) is 11.5 Å². The van der Waals surface area contributed by atoms with E-state index in [0.29, 0.717) is 28.4 Å². The number of nitrogens with zero attached hydrogens (tertiary/aromatic N) is 4. The van der Waals surface area contributed by atoms with Crippen molar-refractivity contribution in [1.82, 2.24) is 25.0 Å². The van der Waals surface area contributed by atoms with Gasteiger partial charge in [-0.25, -0.2) is 9.67 Å². The highest BCUT2D eigenvalue weighted by Crippen LogP contribution is 2.34. The number of thiazole rings is 1. The molecule has 2 aromatic carbocycles. The van der Waals surface area contributed by atoms with Crippen LogP contribution in [0, 0.1) is 0 Å². The van der Waals surface area contributed by atoms with Crippen LogP contribution in [0.5, 0.6) is 0 Å². The Kier molecular flexibility index (Phi) is 5.67. The second-order valence-corrected chi connectivity index (χ2v) is 9.47. The minimum Gasteiger partial charge on any atom is -0.354 e. The third-order valence-electron chi connectivity index (χ3n) is 5.95. The van der Waals surface area contributed by atoms with Crippen molar-refractivity contribution in [1.29, 1.82) is 0 Å². The van der Waals surface area contributed by atoms with E-state index in [2.05, 4.69) is 15.3 Å². The fraction of sp³-hybridized carbons (Fsp3) is 0.304. The number of likely N-dealkylation sites (tertiary alicyclic amines) is 1. The predicted octanol–water partition coefficient (Wildman–Crippen LogP) is 3.86. The van der Waals surface area contributed by atoms with Crippen molar-refractivity contribution < 1.29 is 4.79 Å². The first-order valence-corrected chi connectivity index (χ1v) is 11.7. The predicted molar refractivity (Wildman–Crippen MR) is 128 cm³/mol. The number of benzene rings is 2. The second kappa shape index (κ2) is 8.61. The van der Waals surface area contributed by atoms with Crippen LogP contribution in [0.2, 0.25) is 5.02 Å². The normalized spacial score (nSPS) is 15.4. The van der Waals surface area contributed by atoms with E-state index in [0.717, 1.165) is 41.2 Å². The Labute approximate surface area is 193 Å². The van der Waals surface area contributed by atoms with Crippen molar-refractivity contribution in [3.05, 3.63) is 68.5 Å². The van der Waals surface area contributed by atoms with Crippen LogP contribution >= 0.6 is 22.9 Å². The zero-order valence-electron chi connectivity index (χ0n) is 17.5. The summed E-state index contributed by atoms with van der Waals surface area (Å²) in [6.45, 7) is 2.02. The third kappa shape index (κ3) is 3.90. The highest BCUT2D eigenvalue weighted by Gasteiger charge is 2.25. The SMILES string of the molecule is CNC(=O)c1nn(CN2CCC(c3nc4cc(Cl)ccc4s3)CC2)c(=O)c2ccccc12. The molecule has 0 saturated carbocycles. The van der Waals surface area contributed by atoms with Crippen LogP contribution in [0.4, 0.5) is 0 Å². The van der Waals surface area contributed by atoms with Crippen LogP contribution < -0.4 is 10.9 Å². The molecule has 0 aliphatic carbocycles. The van der Waals surface area contributed by atoms with Crippen molar-refractivity contribution in [3.8, 4) is 0 Å². The molecule has 0 bridgehead atoms. The summed E-state index contributed by atoms with van der Waals surface area (Å²) < 4.78 is 2.56. The number of carbonyl (C=O) groups is 1. The summed E-state index contributed by atoms with van der Waals surface area (Å²) in [6, 6.07) is 12.9. The number of carbonyl (C=O) groups excluding carboxylic acids is 1. The van der Waals surface area contributed by atoms with Crippen molar-refractivity contribution in [2.75, 3.05) is 20.1 Å². The Morgan fingerprint density at radius 2 is 1.94 bits per heavy atom. The maximum Gasteiger partial charge on any atom is 0.275 e. The molecule has 0 atom stereocenters. The van der Waals surface area contributed by atoms with Crippen LogP contribution in [0.25, 0.3) is 21.0 Å². The summed E-state index contributed by atoms with van der Waals surface area (Å²) in [5.74, 6) is 0.0923. The van der Waals surface area contributed by atoms with E-state index in [1.807, 2.05) is 18.2 Å². The molecule has 1 N–H and O–H groups in total. The van der Waals surface area contributed by atoms with Crippen LogP contribution in [0.3, 0.4) is 0 Å². The summed E-state index contributed by atoms with van der Waals surface area (Å²) in [5, 5.41) is 9.95. The van der Waals surface area contributed by atoms with E-state index in [-0.39, 0.29) is 17.2 Å². The molecule has 0 unspecified atom stereocenters. The van der Waals surface area contributed by atoms with Gasteiger partial charge >= 0.3 is 0 Å². The summed E-state index contributed by atoms with van der Waals surface area (Å²) in [4.78, 5) is 32.4. The molecule has 2 aromatic heterocycles. The number of aromatic nitrogens is 3. The number of hydrogen-bond donors (Lipinski definition) is 1. The first kappa shape index (κ1) is 21.1. The molecule has 1 amide bonds. The Balaban J connectivity index is 1.35. The van der Waals surface area contributed by atoms with Gasteiger partial charge in [-0.3, -0.25) is 14.5 Å². The lowest BCUT2D eigenvalue weighted by atomic mass is 9.98. The van der Waals surface area contributed by atoms with E-state index in [9.17, 15) is 9.59 Å². The Hall–Kier alpha value is -2.81. The molecule has 32 heavy (non-hydrogen) atoms. The van der Waals surface area contributed by atoms with E-state index < -0.39 is 0 Å². The number of nitrogens with one attached hydrogen (secondary N) is 1. The average molecular weight is 468 g/mol. The average Bonchev–Trinajstić information content (AvgIpc) is 3.24. The van der Waals surface area contributed by atoms with E-state index in [1.165, 1.54) is 4.68 Å². The molecular weight excluding hydrogens is 446 g/mol. The lowest BCUT2D eigenvalue weighted by molar-refractivity contribution is 0.0954. The van der Waals surface area contributed by atoms with Crippen molar-refractivity contribution in [2.24, 2.45) is 0 Å².